The van der Waals surface area contributed by atoms with Crippen molar-refractivity contribution >= 4 is 5.69 Å². The van der Waals surface area contributed by atoms with Gasteiger partial charge in [0.25, 0.3) is 5.56 Å². The second-order valence-corrected chi connectivity index (χ2v) is 7.74. The van der Waals surface area contributed by atoms with Gasteiger partial charge in [0.2, 0.25) is 0 Å². The highest BCUT2D eigenvalue weighted by molar-refractivity contribution is 5.43. The Hall–Kier alpha value is -3.09. The zero-order valence-electron chi connectivity index (χ0n) is 17.0. The molecule has 2 aromatic carbocycles. The highest BCUT2D eigenvalue weighted by Crippen LogP contribution is 2.18. The molecular weight excluding hydrogens is 376 g/mol. The molecule has 2 heterocycles. The molecule has 6 nitrogen and oxygen atoms in total. The molecule has 0 atom stereocenters. The van der Waals surface area contributed by atoms with Gasteiger partial charge in [-0.3, -0.25) is 14.6 Å². The molecule has 4 rings (SSSR count). The number of aromatic nitrogens is 1. The summed E-state index contributed by atoms with van der Waals surface area (Å²) in [5.74, 6) is 0. The largest absolute Gasteiger partial charge is 0.309 e. The van der Waals surface area contributed by atoms with Crippen molar-refractivity contribution in [3.63, 3.8) is 0 Å². The first kappa shape index (κ1) is 20.2. The Morgan fingerprint density at radius 3 is 1.80 bits per heavy atom. The lowest BCUT2D eigenvalue weighted by Crippen LogP contribution is -2.45. The van der Waals surface area contributed by atoms with Crippen LogP contribution < -0.4 is 5.56 Å². The fourth-order valence-corrected chi connectivity index (χ4v) is 3.92. The maximum atomic E-state index is 12.8. The Morgan fingerprint density at radius 1 is 0.700 bits per heavy atom. The third-order valence-electron chi connectivity index (χ3n) is 5.62. The lowest BCUT2D eigenvalue weighted by molar-refractivity contribution is 0.122. The quantitative estimate of drug-likeness (QED) is 0.567. The molecule has 1 aromatic heterocycles. The summed E-state index contributed by atoms with van der Waals surface area (Å²) >= 11 is 0. The van der Waals surface area contributed by atoms with Gasteiger partial charge in [-0.05, 0) is 22.4 Å². The first-order chi connectivity index (χ1) is 14.7. The lowest BCUT2D eigenvalue weighted by Gasteiger charge is -2.34. The Bertz CT molecular complexity index is 1030. The Labute approximate surface area is 176 Å². The standard InChI is InChI=1S/C24H26N4O2/c29-24-23(25-30)22(11-12-28(24)18-21-9-5-2-6-10-21)19-27-15-13-26(14-16-27)17-20-7-3-1-4-8-20/h1-12H,13-19H2. The van der Waals surface area contributed by atoms with E-state index < -0.39 is 0 Å². The van der Waals surface area contributed by atoms with Crippen molar-refractivity contribution in [1.82, 2.24) is 14.4 Å². The van der Waals surface area contributed by atoms with Crippen molar-refractivity contribution in [3.05, 3.63) is 105 Å². The van der Waals surface area contributed by atoms with Gasteiger partial charge in [0.1, 0.15) is 0 Å². The van der Waals surface area contributed by atoms with Crippen molar-refractivity contribution in [3.8, 4) is 0 Å². The summed E-state index contributed by atoms with van der Waals surface area (Å²) < 4.78 is 1.55. The van der Waals surface area contributed by atoms with Crippen molar-refractivity contribution in [2.24, 2.45) is 5.18 Å². The van der Waals surface area contributed by atoms with Gasteiger partial charge in [0, 0.05) is 51.0 Å². The number of pyridine rings is 1. The molecule has 1 fully saturated rings. The van der Waals surface area contributed by atoms with Gasteiger partial charge in [0.05, 0.1) is 6.54 Å². The van der Waals surface area contributed by atoms with Gasteiger partial charge in [-0.25, -0.2) is 0 Å². The highest BCUT2D eigenvalue weighted by atomic mass is 16.3. The van der Waals surface area contributed by atoms with Crippen LogP contribution in [-0.4, -0.2) is 40.5 Å². The van der Waals surface area contributed by atoms with E-state index in [0.29, 0.717) is 18.7 Å². The second kappa shape index (κ2) is 9.61. The number of nitroso groups, excluding NO2 is 1. The summed E-state index contributed by atoms with van der Waals surface area (Å²) in [5, 5.41) is 3.09. The minimum absolute atomic E-state index is 0.0279. The van der Waals surface area contributed by atoms with E-state index in [2.05, 4.69) is 39.2 Å². The van der Waals surface area contributed by atoms with Gasteiger partial charge in [0.15, 0.2) is 5.69 Å². The minimum Gasteiger partial charge on any atom is -0.309 e. The molecule has 0 spiro atoms. The molecule has 0 radical (unpaired) electrons. The van der Waals surface area contributed by atoms with E-state index in [1.165, 1.54) is 5.56 Å². The third kappa shape index (κ3) is 4.90. The van der Waals surface area contributed by atoms with Crippen LogP contribution in [0.1, 0.15) is 16.7 Å². The van der Waals surface area contributed by atoms with Crippen LogP contribution in [0.2, 0.25) is 0 Å². The summed E-state index contributed by atoms with van der Waals surface area (Å²) in [6.07, 6.45) is 1.77. The number of benzene rings is 2. The van der Waals surface area contributed by atoms with Crippen molar-refractivity contribution in [2.45, 2.75) is 19.6 Å². The van der Waals surface area contributed by atoms with Crippen molar-refractivity contribution in [2.75, 3.05) is 26.2 Å². The fourth-order valence-electron chi connectivity index (χ4n) is 3.92. The van der Waals surface area contributed by atoms with Gasteiger partial charge < -0.3 is 4.57 Å². The SMILES string of the molecule is O=Nc1c(CN2CCN(Cc3ccccc3)CC2)ccn(Cc2ccccc2)c1=O. The maximum absolute atomic E-state index is 12.8. The summed E-state index contributed by atoms with van der Waals surface area (Å²) in [4.78, 5) is 28.9. The molecule has 1 aliphatic rings. The molecule has 30 heavy (non-hydrogen) atoms. The van der Waals surface area contributed by atoms with E-state index in [-0.39, 0.29) is 11.2 Å². The van der Waals surface area contributed by atoms with Crippen LogP contribution in [0.3, 0.4) is 0 Å². The Balaban J connectivity index is 1.39. The first-order valence-electron chi connectivity index (χ1n) is 10.3. The predicted octanol–water partition coefficient (Wildman–Crippen LogP) is 3.61. The van der Waals surface area contributed by atoms with E-state index in [9.17, 15) is 9.70 Å². The van der Waals surface area contributed by atoms with Crippen LogP contribution in [0.5, 0.6) is 0 Å². The number of hydrogen-bond donors (Lipinski definition) is 0. The fraction of sp³-hybridized carbons (Fsp3) is 0.292. The molecule has 0 bridgehead atoms. The first-order valence-corrected chi connectivity index (χ1v) is 10.3. The van der Waals surface area contributed by atoms with Crippen LogP contribution in [0.15, 0.2) is 82.9 Å². The maximum Gasteiger partial charge on any atom is 0.280 e. The van der Waals surface area contributed by atoms with Crippen LogP contribution in [0.4, 0.5) is 5.69 Å². The number of piperazine rings is 1. The number of hydrogen-bond acceptors (Lipinski definition) is 5. The second-order valence-electron chi connectivity index (χ2n) is 7.74. The average Bonchev–Trinajstić information content (AvgIpc) is 2.79. The molecule has 0 saturated carbocycles. The zero-order chi connectivity index (χ0) is 20.8. The molecule has 0 unspecified atom stereocenters. The molecular formula is C24H26N4O2. The monoisotopic (exact) mass is 402 g/mol. The zero-order valence-corrected chi connectivity index (χ0v) is 17.0. The molecule has 1 saturated heterocycles. The summed E-state index contributed by atoms with van der Waals surface area (Å²) in [6.45, 7) is 5.68. The molecule has 0 N–H and O–H groups in total. The predicted molar refractivity (Wildman–Crippen MR) is 119 cm³/mol. The van der Waals surface area contributed by atoms with Gasteiger partial charge >= 0.3 is 0 Å². The summed E-state index contributed by atoms with van der Waals surface area (Å²) in [5.41, 5.74) is 2.74. The topological polar surface area (TPSA) is 57.9 Å². The van der Waals surface area contributed by atoms with E-state index in [4.69, 9.17) is 0 Å². The van der Waals surface area contributed by atoms with Gasteiger partial charge in [-0.1, -0.05) is 60.7 Å². The van der Waals surface area contributed by atoms with Crippen LogP contribution >= 0.6 is 0 Å². The average molecular weight is 402 g/mol. The summed E-state index contributed by atoms with van der Waals surface area (Å²) in [7, 11) is 0. The van der Waals surface area contributed by atoms with Crippen LogP contribution in [0, 0.1) is 4.91 Å². The van der Waals surface area contributed by atoms with Crippen molar-refractivity contribution < 1.29 is 0 Å². The smallest absolute Gasteiger partial charge is 0.280 e. The third-order valence-corrected chi connectivity index (χ3v) is 5.62. The van der Waals surface area contributed by atoms with E-state index in [1.54, 1.807) is 10.8 Å². The molecule has 0 aliphatic carbocycles. The van der Waals surface area contributed by atoms with Gasteiger partial charge in [-0.15, -0.1) is 4.91 Å². The normalized spacial score (nSPS) is 15.2. The van der Waals surface area contributed by atoms with Gasteiger partial charge in [-0.2, -0.15) is 0 Å². The van der Waals surface area contributed by atoms with E-state index in [1.807, 2.05) is 42.5 Å². The Kier molecular flexibility index (Phi) is 6.47. The van der Waals surface area contributed by atoms with E-state index in [0.717, 1.165) is 38.3 Å². The number of nitrogens with zero attached hydrogens (tertiary/aromatic N) is 4. The van der Waals surface area contributed by atoms with Crippen LogP contribution in [-0.2, 0) is 19.6 Å². The molecule has 154 valence electrons. The van der Waals surface area contributed by atoms with Crippen molar-refractivity contribution in [1.29, 1.82) is 0 Å². The summed E-state index contributed by atoms with van der Waals surface area (Å²) in [6, 6.07) is 22.1. The Morgan fingerprint density at radius 2 is 1.23 bits per heavy atom. The molecule has 1 aliphatic heterocycles. The molecule has 3 aromatic rings. The number of rotatable bonds is 7. The van der Waals surface area contributed by atoms with Crippen LogP contribution in [0.25, 0.3) is 0 Å². The van der Waals surface area contributed by atoms with E-state index >= 15 is 0 Å². The molecule has 6 heteroatoms. The highest BCUT2D eigenvalue weighted by Gasteiger charge is 2.20. The lowest BCUT2D eigenvalue weighted by atomic mass is 10.1. The minimum atomic E-state index is -0.325. The molecule has 0 amide bonds.